The van der Waals surface area contributed by atoms with Crippen LogP contribution in [0.15, 0.2) is 30.5 Å². The fourth-order valence-electron chi connectivity index (χ4n) is 3.32. The highest BCUT2D eigenvalue weighted by Crippen LogP contribution is 2.32. The second kappa shape index (κ2) is 8.03. The molecule has 2 aromatic rings. The lowest BCUT2D eigenvalue weighted by atomic mass is 10.1. The molecule has 29 heavy (non-hydrogen) atoms. The van der Waals surface area contributed by atoms with Gasteiger partial charge in [-0.25, -0.2) is 4.79 Å². The minimum Gasteiger partial charge on any atom is -0.364 e. The molecule has 1 saturated heterocycles. The molecule has 1 aliphatic rings. The molecule has 0 radical (unpaired) electrons. The summed E-state index contributed by atoms with van der Waals surface area (Å²) in [6.07, 6.45) is -3.10. The van der Waals surface area contributed by atoms with Crippen molar-refractivity contribution in [1.29, 1.82) is 0 Å². The van der Waals surface area contributed by atoms with E-state index < -0.39 is 23.7 Å². The Hall–Kier alpha value is -2.59. The van der Waals surface area contributed by atoms with Crippen LogP contribution in [0.3, 0.4) is 0 Å². The van der Waals surface area contributed by atoms with Gasteiger partial charge >= 0.3 is 12.2 Å². The Balaban J connectivity index is 1.66. The average molecular weight is 430 g/mol. The number of aromatic nitrogens is 2. The van der Waals surface area contributed by atoms with Crippen molar-refractivity contribution >= 4 is 23.5 Å². The first-order valence-electron chi connectivity index (χ1n) is 8.80. The molecular formula is C18H19ClF3N5O2. The number of hydrogen-bond acceptors (Lipinski definition) is 4. The monoisotopic (exact) mass is 429 g/mol. The Morgan fingerprint density at radius 2 is 2.00 bits per heavy atom. The smallest absolute Gasteiger partial charge is 0.364 e. The number of nitrogens with zero attached hydrogens (tertiary/aromatic N) is 4. The molecule has 0 aliphatic carbocycles. The minimum absolute atomic E-state index is 0.00827. The molecule has 1 atom stereocenters. The molecule has 0 saturated carbocycles. The SMILES string of the molecule is C[C@H]1CN(Cc2cc(Cl)cc(C(F)(F)F)c2)CCN1C(=O)n1ccc(C(N)=O)n1. The van der Waals surface area contributed by atoms with Crippen LogP contribution in [0.5, 0.6) is 0 Å². The molecule has 0 bridgehead atoms. The number of halogens is 4. The molecule has 7 nitrogen and oxygen atoms in total. The second-order valence-corrected chi connectivity index (χ2v) is 7.35. The van der Waals surface area contributed by atoms with Crippen molar-refractivity contribution < 1.29 is 22.8 Å². The van der Waals surface area contributed by atoms with Gasteiger partial charge < -0.3 is 10.6 Å². The Kier molecular flexibility index (Phi) is 5.85. The lowest BCUT2D eigenvalue weighted by Gasteiger charge is -2.39. The third-order valence-electron chi connectivity index (χ3n) is 4.69. The van der Waals surface area contributed by atoms with E-state index in [0.717, 1.165) is 16.8 Å². The first kappa shape index (κ1) is 21.1. The molecule has 2 amide bonds. The number of piperazine rings is 1. The molecule has 156 valence electrons. The van der Waals surface area contributed by atoms with E-state index in [1.165, 1.54) is 18.3 Å². The molecule has 0 unspecified atom stereocenters. The Morgan fingerprint density at radius 1 is 1.28 bits per heavy atom. The van der Waals surface area contributed by atoms with Gasteiger partial charge in [-0.3, -0.25) is 9.69 Å². The van der Waals surface area contributed by atoms with Crippen LogP contribution in [-0.2, 0) is 12.7 Å². The van der Waals surface area contributed by atoms with Crippen LogP contribution >= 0.6 is 11.6 Å². The van der Waals surface area contributed by atoms with Crippen LogP contribution < -0.4 is 5.73 Å². The van der Waals surface area contributed by atoms with E-state index in [2.05, 4.69) is 5.10 Å². The molecule has 1 fully saturated rings. The van der Waals surface area contributed by atoms with E-state index in [1.807, 2.05) is 11.8 Å². The highest BCUT2D eigenvalue weighted by atomic mass is 35.5. The van der Waals surface area contributed by atoms with Crippen LogP contribution in [0.1, 0.15) is 28.5 Å². The maximum Gasteiger partial charge on any atom is 0.416 e. The maximum atomic E-state index is 13.0. The summed E-state index contributed by atoms with van der Waals surface area (Å²) >= 11 is 5.85. The second-order valence-electron chi connectivity index (χ2n) is 6.92. The van der Waals surface area contributed by atoms with E-state index in [9.17, 15) is 22.8 Å². The van der Waals surface area contributed by atoms with E-state index >= 15 is 0 Å². The summed E-state index contributed by atoms with van der Waals surface area (Å²) in [6, 6.07) is 4.25. The van der Waals surface area contributed by atoms with Gasteiger partial charge in [0.2, 0.25) is 0 Å². The average Bonchev–Trinajstić information content (AvgIpc) is 3.10. The van der Waals surface area contributed by atoms with Crippen molar-refractivity contribution in [2.45, 2.75) is 25.7 Å². The van der Waals surface area contributed by atoms with E-state index in [1.54, 1.807) is 4.90 Å². The summed E-state index contributed by atoms with van der Waals surface area (Å²) in [5.41, 5.74) is 4.81. The standard InChI is InChI=1S/C18H19ClF3N5O2/c1-11-9-25(10-12-6-13(18(20,21)22)8-14(19)7-12)4-5-26(11)17(29)27-3-2-15(24-27)16(23)28/h2-3,6-8,11H,4-5,9-10H2,1H3,(H2,23,28)/t11-/m0/s1. The van der Waals surface area contributed by atoms with Gasteiger partial charge in [0.05, 0.1) is 5.56 Å². The minimum atomic E-state index is -4.47. The number of carbonyl (C=O) groups is 2. The van der Waals surface area contributed by atoms with Crippen molar-refractivity contribution in [3.05, 3.63) is 52.3 Å². The molecule has 2 heterocycles. The molecule has 1 aromatic carbocycles. The lowest BCUT2D eigenvalue weighted by molar-refractivity contribution is -0.137. The number of amides is 2. The highest BCUT2D eigenvalue weighted by molar-refractivity contribution is 6.30. The molecule has 2 N–H and O–H groups in total. The number of carbonyl (C=O) groups excluding carboxylic acids is 2. The molecule has 3 rings (SSSR count). The van der Waals surface area contributed by atoms with Gasteiger partial charge in [0.25, 0.3) is 5.91 Å². The molecular weight excluding hydrogens is 411 g/mol. The largest absolute Gasteiger partial charge is 0.416 e. The van der Waals surface area contributed by atoms with Gasteiger partial charge in [-0.1, -0.05) is 11.6 Å². The summed E-state index contributed by atoms with van der Waals surface area (Å²) < 4.78 is 40.0. The van der Waals surface area contributed by atoms with Crippen molar-refractivity contribution in [3.63, 3.8) is 0 Å². The topological polar surface area (TPSA) is 84.5 Å². The predicted molar refractivity (Wildman–Crippen MR) is 99.4 cm³/mol. The summed E-state index contributed by atoms with van der Waals surface area (Å²) in [5.74, 6) is -0.728. The predicted octanol–water partition coefficient (Wildman–Crippen LogP) is 2.83. The van der Waals surface area contributed by atoms with Crippen LogP contribution in [0, 0.1) is 0 Å². The number of nitrogens with two attached hydrogens (primary N) is 1. The van der Waals surface area contributed by atoms with Gasteiger partial charge in [-0.15, -0.1) is 0 Å². The fraction of sp³-hybridized carbons (Fsp3) is 0.389. The molecule has 1 aliphatic heterocycles. The number of rotatable bonds is 3. The van der Waals surface area contributed by atoms with Crippen LogP contribution in [0.25, 0.3) is 0 Å². The van der Waals surface area contributed by atoms with Gasteiger partial charge in [-0.05, 0) is 36.8 Å². The normalized spacial score (nSPS) is 18.1. The summed E-state index contributed by atoms with van der Waals surface area (Å²) in [4.78, 5) is 27.3. The van der Waals surface area contributed by atoms with Crippen LogP contribution in [0.2, 0.25) is 5.02 Å². The first-order valence-corrected chi connectivity index (χ1v) is 9.18. The van der Waals surface area contributed by atoms with Gasteiger partial charge in [0, 0.05) is 43.4 Å². The Bertz CT molecular complexity index is 930. The lowest BCUT2D eigenvalue weighted by Crippen LogP contribution is -2.54. The van der Waals surface area contributed by atoms with E-state index in [0.29, 0.717) is 25.2 Å². The van der Waals surface area contributed by atoms with Crippen molar-refractivity contribution in [2.75, 3.05) is 19.6 Å². The van der Waals surface area contributed by atoms with Gasteiger partial charge in [-0.2, -0.15) is 23.0 Å². The summed E-state index contributed by atoms with van der Waals surface area (Å²) in [5, 5.41) is 3.89. The first-order chi connectivity index (χ1) is 13.5. The van der Waals surface area contributed by atoms with Crippen molar-refractivity contribution in [1.82, 2.24) is 19.6 Å². The van der Waals surface area contributed by atoms with Crippen molar-refractivity contribution in [2.24, 2.45) is 5.73 Å². The maximum absolute atomic E-state index is 13.0. The Labute approximate surface area is 169 Å². The van der Waals surface area contributed by atoms with E-state index in [-0.39, 0.29) is 23.3 Å². The quantitative estimate of drug-likeness (QED) is 0.813. The summed E-state index contributed by atoms with van der Waals surface area (Å²) in [7, 11) is 0. The van der Waals surface area contributed by atoms with Gasteiger partial charge in [0.1, 0.15) is 0 Å². The third kappa shape index (κ3) is 4.88. The zero-order valence-electron chi connectivity index (χ0n) is 15.5. The number of alkyl halides is 3. The Morgan fingerprint density at radius 3 is 2.59 bits per heavy atom. The third-order valence-corrected chi connectivity index (χ3v) is 4.90. The van der Waals surface area contributed by atoms with Gasteiger partial charge in [0.15, 0.2) is 5.69 Å². The molecule has 1 aromatic heterocycles. The zero-order valence-corrected chi connectivity index (χ0v) is 16.2. The number of benzene rings is 1. The summed E-state index contributed by atoms with van der Waals surface area (Å²) in [6.45, 7) is 3.40. The van der Waals surface area contributed by atoms with Crippen molar-refractivity contribution in [3.8, 4) is 0 Å². The number of primary amides is 1. The highest BCUT2D eigenvalue weighted by Gasteiger charge is 2.32. The fourth-order valence-corrected chi connectivity index (χ4v) is 3.58. The zero-order chi connectivity index (χ0) is 21.3. The molecule has 11 heteroatoms. The van der Waals surface area contributed by atoms with E-state index in [4.69, 9.17) is 17.3 Å². The number of hydrogen-bond donors (Lipinski definition) is 1. The van der Waals surface area contributed by atoms with Crippen LogP contribution in [0.4, 0.5) is 18.0 Å². The molecule has 0 spiro atoms. The van der Waals surface area contributed by atoms with Crippen LogP contribution in [-0.4, -0.2) is 57.2 Å².